The van der Waals surface area contributed by atoms with E-state index in [2.05, 4.69) is 4.98 Å². The molecule has 1 rings (SSSR count). The Balaban J connectivity index is 3.02. The van der Waals surface area contributed by atoms with Crippen molar-refractivity contribution in [2.24, 2.45) is 0 Å². The highest BCUT2D eigenvalue weighted by Gasteiger charge is 2.41. The summed E-state index contributed by atoms with van der Waals surface area (Å²) in [5.41, 5.74) is -1.88. The fourth-order valence-corrected chi connectivity index (χ4v) is 1.24. The summed E-state index contributed by atoms with van der Waals surface area (Å²) in [6.45, 7) is 0. The quantitative estimate of drug-likeness (QED) is 0.835. The maximum Gasteiger partial charge on any atom is 0.471 e. The summed E-state index contributed by atoms with van der Waals surface area (Å²) in [5, 5.41) is 9.88. The van der Waals surface area contributed by atoms with Crippen molar-refractivity contribution in [3.8, 4) is 0 Å². The first-order valence-corrected chi connectivity index (χ1v) is 5.06. The molecule has 0 aromatic carbocycles. The lowest BCUT2D eigenvalue weighted by Crippen LogP contribution is -2.41. The number of rotatable bonds is 3. The van der Waals surface area contributed by atoms with Crippen molar-refractivity contribution in [3.63, 3.8) is 0 Å². The van der Waals surface area contributed by atoms with Crippen molar-refractivity contribution >= 4 is 11.9 Å². The lowest BCUT2D eigenvalue weighted by molar-refractivity contribution is -0.175. The number of aliphatic carboxylic acids is 1. The normalized spacial score (nSPS) is 13.6. The minimum absolute atomic E-state index is 0.394. The van der Waals surface area contributed by atoms with Crippen molar-refractivity contribution in [2.45, 2.75) is 18.4 Å². The van der Waals surface area contributed by atoms with Crippen molar-refractivity contribution in [2.75, 3.05) is 0 Å². The smallest absolute Gasteiger partial charge is 0.471 e. The maximum absolute atomic E-state index is 12.2. The monoisotopic (exact) mass is 316 g/mol. The number of nitrogens with one attached hydrogen (secondary N) is 1. The van der Waals surface area contributed by atoms with Crippen LogP contribution in [0.4, 0.5) is 26.3 Å². The van der Waals surface area contributed by atoms with E-state index < -0.39 is 41.5 Å². The van der Waals surface area contributed by atoms with Gasteiger partial charge < -0.3 is 10.4 Å². The third-order valence-electron chi connectivity index (χ3n) is 2.19. The van der Waals surface area contributed by atoms with Gasteiger partial charge in [-0.05, 0) is 6.07 Å². The largest absolute Gasteiger partial charge is 0.479 e. The first-order valence-electron chi connectivity index (χ1n) is 5.06. The highest BCUT2D eigenvalue weighted by molar-refractivity contribution is 5.87. The molecular weight excluding hydrogens is 310 g/mol. The number of nitrogens with zero attached hydrogens (tertiary/aromatic N) is 1. The number of aromatic nitrogens is 1. The number of carboxylic acids is 1. The van der Waals surface area contributed by atoms with Crippen molar-refractivity contribution in [1.82, 2.24) is 10.3 Å². The predicted molar refractivity (Wildman–Crippen MR) is 53.8 cm³/mol. The summed E-state index contributed by atoms with van der Waals surface area (Å²) in [4.78, 5) is 24.4. The molecule has 11 heteroatoms. The van der Waals surface area contributed by atoms with E-state index in [0.717, 1.165) is 5.32 Å². The van der Waals surface area contributed by atoms with Gasteiger partial charge in [-0.2, -0.15) is 26.3 Å². The molecule has 116 valence electrons. The number of carboxylic acid groups (broad SMARTS) is 1. The van der Waals surface area contributed by atoms with E-state index in [1.165, 1.54) is 0 Å². The van der Waals surface area contributed by atoms with Crippen molar-refractivity contribution < 1.29 is 41.0 Å². The second-order valence-electron chi connectivity index (χ2n) is 3.72. The molecule has 1 heterocycles. The Morgan fingerprint density at radius 2 is 1.71 bits per heavy atom. The van der Waals surface area contributed by atoms with Crippen LogP contribution in [0, 0.1) is 0 Å². The molecular formula is C10H6F6N2O3. The van der Waals surface area contributed by atoms with Gasteiger partial charge in [-0.1, -0.05) is 6.07 Å². The van der Waals surface area contributed by atoms with Crippen LogP contribution in [0.3, 0.4) is 0 Å². The van der Waals surface area contributed by atoms with Crippen LogP contribution >= 0.6 is 0 Å². The lowest BCUT2D eigenvalue weighted by Gasteiger charge is -2.16. The van der Waals surface area contributed by atoms with Gasteiger partial charge in [0.1, 0.15) is 5.69 Å². The summed E-state index contributed by atoms with van der Waals surface area (Å²) >= 11 is 0. The van der Waals surface area contributed by atoms with Crippen LogP contribution < -0.4 is 5.32 Å². The van der Waals surface area contributed by atoms with Crippen LogP contribution in [0.5, 0.6) is 0 Å². The van der Waals surface area contributed by atoms with Gasteiger partial charge in [-0.15, -0.1) is 0 Å². The van der Waals surface area contributed by atoms with E-state index in [4.69, 9.17) is 5.11 Å². The molecule has 0 aliphatic rings. The Kier molecular flexibility index (Phi) is 4.44. The number of amides is 1. The molecule has 0 bridgehead atoms. The van der Waals surface area contributed by atoms with E-state index in [0.29, 0.717) is 18.3 Å². The van der Waals surface area contributed by atoms with E-state index in [9.17, 15) is 35.9 Å². The minimum atomic E-state index is -5.33. The van der Waals surface area contributed by atoms with E-state index >= 15 is 0 Å². The second-order valence-corrected chi connectivity index (χ2v) is 3.72. The number of hydrogen-bond donors (Lipinski definition) is 2. The molecule has 1 aromatic rings. The molecule has 0 radical (unpaired) electrons. The number of pyridine rings is 1. The molecule has 0 spiro atoms. The van der Waals surface area contributed by atoms with Gasteiger partial charge in [0, 0.05) is 11.8 Å². The average molecular weight is 316 g/mol. The molecule has 0 aliphatic carbocycles. The third-order valence-corrected chi connectivity index (χ3v) is 2.19. The van der Waals surface area contributed by atoms with E-state index in [1.807, 2.05) is 0 Å². The van der Waals surface area contributed by atoms with Gasteiger partial charge in [0.2, 0.25) is 0 Å². The number of alkyl halides is 6. The number of carbonyl (C=O) groups excluding carboxylic acids is 1. The van der Waals surface area contributed by atoms with Crippen LogP contribution in [0.25, 0.3) is 0 Å². The van der Waals surface area contributed by atoms with Gasteiger partial charge in [0.15, 0.2) is 6.04 Å². The number of carbonyl (C=O) groups is 2. The number of hydrogen-bond acceptors (Lipinski definition) is 3. The summed E-state index contributed by atoms with van der Waals surface area (Å²) in [6, 6.07) is -1.16. The molecule has 1 unspecified atom stereocenters. The fraction of sp³-hybridized carbons (Fsp3) is 0.300. The van der Waals surface area contributed by atoms with Crippen LogP contribution in [0.2, 0.25) is 0 Å². The molecule has 0 fully saturated rings. The highest BCUT2D eigenvalue weighted by Crippen LogP contribution is 2.28. The van der Waals surface area contributed by atoms with Gasteiger partial charge in [-0.3, -0.25) is 9.78 Å². The van der Waals surface area contributed by atoms with Crippen LogP contribution in [-0.4, -0.2) is 28.1 Å². The topological polar surface area (TPSA) is 79.3 Å². The molecule has 0 saturated carbocycles. The fourth-order valence-electron chi connectivity index (χ4n) is 1.24. The number of halogens is 6. The molecule has 2 N–H and O–H groups in total. The van der Waals surface area contributed by atoms with Gasteiger partial charge >= 0.3 is 24.2 Å². The zero-order valence-corrected chi connectivity index (χ0v) is 9.79. The SMILES string of the molecule is O=C(O)C(NC(=O)C(F)(F)F)c1ccc(C(F)(F)F)nc1. The van der Waals surface area contributed by atoms with Crippen molar-refractivity contribution in [3.05, 3.63) is 29.6 Å². The molecule has 1 atom stereocenters. The summed E-state index contributed by atoms with van der Waals surface area (Å²) in [5.74, 6) is -4.41. The van der Waals surface area contributed by atoms with Crippen LogP contribution in [-0.2, 0) is 15.8 Å². The first-order chi connectivity index (χ1) is 9.43. The Bertz CT molecular complexity index is 537. The highest BCUT2D eigenvalue weighted by atomic mass is 19.4. The molecule has 5 nitrogen and oxygen atoms in total. The Hall–Kier alpha value is -2.33. The predicted octanol–water partition coefficient (Wildman–Crippen LogP) is 1.90. The average Bonchev–Trinajstić information content (AvgIpc) is 2.33. The Labute approximate surface area is 112 Å². The maximum atomic E-state index is 12.2. The zero-order chi connectivity index (χ0) is 16.4. The lowest BCUT2D eigenvalue weighted by atomic mass is 10.1. The Morgan fingerprint density at radius 1 is 1.14 bits per heavy atom. The summed E-state index contributed by atoms with van der Waals surface area (Å²) in [7, 11) is 0. The standard InChI is InChI=1S/C10H6F6N2O3/c11-9(12,13)5-2-1-4(3-17-5)6(7(19)20)18-8(21)10(14,15)16/h1-3,6H,(H,18,21)(H,19,20). The van der Waals surface area contributed by atoms with Crippen LogP contribution in [0.15, 0.2) is 18.3 Å². The first kappa shape index (κ1) is 16.7. The zero-order valence-electron chi connectivity index (χ0n) is 9.79. The third kappa shape index (κ3) is 4.33. The molecule has 21 heavy (non-hydrogen) atoms. The molecule has 1 amide bonds. The van der Waals surface area contributed by atoms with Gasteiger partial charge in [0.05, 0.1) is 0 Å². The second kappa shape index (κ2) is 5.58. The van der Waals surface area contributed by atoms with Crippen molar-refractivity contribution in [1.29, 1.82) is 0 Å². The molecule has 1 aromatic heterocycles. The van der Waals surface area contributed by atoms with E-state index in [1.54, 1.807) is 0 Å². The van der Waals surface area contributed by atoms with Crippen LogP contribution in [0.1, 0.15) is 17.3 Å². The van der Waals surface area contributed by atoms with Gasteiger partial charge in [0.25, 0.3) is 0 Å². The van der Waals surface area contributed by atoms with Gasteiger partial charge in [-0.25, -0.2) is 4.79 Å². The molecule has 0 saturated heterocycles. The minimum Gasteiger partial charge on any atom is -0.479 e. The molecule has 0 aliphatic heterocycles. The Morgan fingerprint density at radius 3 is 2.05 bits per heavy atom. The van der Waals surface area contributed by atoms with E-state index in [-0.39, 0.29) is 0 Å². The summed E-state index contributed by atoms with van der Waals surface area (Å²) < 4.78 is 72.9. The summed E-state index contributed by atoms with van der Waals surface area (Å²) in [6.07, 6.45) is -9.68.